The van der Waals surface area contributed by atoms with E-state index in [2.05, 4.69) is 6.92 Å². The highest BCUT2D eigenvalue weighted by molar-refractivity contribution is 5.99. The summed E-state index contributed by atoms with van der Waals surface area (Å²) in [5, 5.41) is 0.501. The van der Waals surface area contributed by atoms with Gasteiger partial charge in [-0.05, 0) is 36.2 Å². The molecule has 0 unspecified atom stereocenters. The number of benzene rings is 2. The number of amides is 1. The Morgan fingerprint density at radius 1 is 1.06 bits per heavy atom. The average molecular weight is 464 g/mol. The molecule has 1 amide bonds. The molecule has 5 rings (SSSR count). The van der Waals surface area contributed by atoms with Crippen molar-refractivity contribution < 1.29 is 23.6 Å². The Labute approximate surface area is 198 Å². The van der Waals surface area contributed by atoms with Crippen molar-refractivity contribution in [3.63, 3.8) is 0 Å². The minimum absolute atomic E-state index is 0.136. The lowest BCUT2D eigenvalue weighted by atomic mass is 9.98. The Morgan fingerprint density at radius 3 is 2.59 bits per heavy atom. The number of rotatable bonds is 8. The van der Waals surface area contributed by atoms with Crippen LogP contribution in [0, 0.1) is 0 Å². The Kier molecular flexibility index (Phi) is 6.65. The molecule has 1 N–H and O–H groups in total. The molecule has 0 spiro atoms. The fourth-order valence-corrected chi connectivity index (χ4v) is 4.92. The second kappa shape index (κ2) is 9.99. The Balaban J connectivity index is 1.48. The molecule has 7 heteroatoms. The highest BCUT2D eigenvalue weighted by Gasteiger charge is 2.42. The van der Waals surface area contributed by atoms with Gasteiger partial charge in [-0.3, -0.25) is 9.59 Å². The number of nitrogens with one attached hydrogen (secondary N) is 1. The van der Waals surface area contributed by atoms with E-state index < -0.39 is 6.04 Å². The molecular formula is C27H31N2O5+. The van der Waals surface area contributed by atoms with Gasteiger partial charge in [-0.1, -0.05) is 31.2 Å². The average Bonchev–Trinajstić information content (AvgIpc) is 3.15. The van der Waals surface area contributed by atoms with E-state index in [1.807, 2.05) is 36.4 Å². The predicted molar refractivity (Wildman–Crippen MR) is 129 cm³/mol. The molecule has 1 atom stereocenters. The van der Waals surface area contributed by atoms with E-state index in [0.717, 1.165) is 57.0 Å². The van der Waals surface area contributed by atoms with Crippen molar-refractivity contribution in [2.45, 2.75) is 25.8 Å². The van der Waals surface area contributed by atoms with Crippen molar-refractivity contribution in [1.82, 2.24) is 4.90 Å². The molecule has 1 saturated heterocycles. The number of quaternary nitrogens is 1. The first kappa shape index (κ1) is 22.6. The van der Waals surface area contributed by atoms with Gasteiger partial charge >= 0.3 is 0 Å². The maximum Gasteiger partial charge on any atom is 0.290 e. The fourth-order valence-electron chi connectivity index (χ4n) is 4.92. The highest BCUT2D eigenvalue weighted by Crippen LogP contribution is 2.38. The maximum absolute atomic E-state index is 13.5. The van der Waals surface area contributed by atoms with E-state index in [1.165, 1.54) is 4.90 Å². The second-order valence-corrected chi connectivity index (χ2v) is 8.95. The molecule has 0 bridgehead atoms. The normalized spacial score (nSPS) is 18.4. The first-order chi connectivity index (χ1) is 16.7. The van der Waals surface area contributed by atoms with Gasteiger partial charge in [0.1, 0.15) is 24.4 Å². The van der Waals surface area contributed by atoms with Crippen molar-refractivity contribution in [2.24, 2.45) is 0 Å². The van der Waals surface area contributed by atoms with Crippen LogP contribution in [0.3, 0.4) is 0 Å². The minimum atomic E-state index is -0.469. The summed E-state index contributed by atoms with van der Waals surface area (Å²) in [6.45, 7) is 7.77. The molecule has 2 aliphatic rings. The Morgan fingerprint density at radius 2 is 1.82 bits per heavy atom. The molecule has 7 nitrogen and oxygen atoms in total. The zero-order valence-electron chi connectivity index (χ0n) is 19.5. The first-order valence-corrected chi connectivity index (χ1v) is 12.2. The van der Waals surface area contributed by atoms with Gasteiger partial charge in [0.25, 0.3) is 5.91 Å². The van der Waals surface area contributed by atoms with Gasteiger partial charge in [0, 0.05) is 13.0 Å². The van der Waals surface area contributed by atoms with Gasteiger partial charge in [-0.2, -0.15) is 0 Å². The molecule has 178 valence electrons. The topological polar surface area (TPSA) is 73.4 Å². The van der Waals surface area contributed by atoms with Crippen molar-refractivity contribution in [1.29, 1.82) is 0 Å². The van der Waals surface area contributed by atoms with E-state index >= 15 is 0 Å². The number of hydrogen-bond acceptors (Lipinski definition) is 5. The Bertz CT molecular complexity index is 1210. The monoisotopic (exact) mass is 463 g/mol. The molecule has 2 aliphatic heterocycles. The number of para-hydroxylation sites is 1. The van der Waals surface area contributed by atoms with Gasteiger partial charge < -0.3 is 23.7 Å². The summed E-state index contributed by atoms with van der Waals surface area (Å²) in [5.41, 5.74) is 1.63. The minimum Gasteiger partial charge on any atom is -0.494 e. The van der Waals surface area contributed by atoms with Crippen LogP contribution in [-0.4, -0.2) is 56.8 Å². The van der Waals surface area contributed by atoms with Gasteiger partial charge in [-0.25, -0.2) is 0 Å². The van der Waals surface area contributed by atoms with Crippen LogP contribution in [0.1, 0.15) is 47.5 Å². The van der Waals surface area contributed by atoms with E-state index in [4.69, 9.17) is 13.9 Å². The molecule has 2 aromatic carbocycles. The third-order valence-corrected chi connectivity index (χ3v) is 6.67. The summed E-state index contributed by atoms with van der Waals surface area (Å²) in [7, 11) is 0. The smallest absolute Gasteiger partial charge is 0.290 e. The summed E-state index contributed by atoms with van der Waals surface area (Å²) in [6.07, 6.45) is 1.77. The van der Waals surface area contributed by atoms with Crippen molar-refractivity contribution in [2.75, 3.05) is 46.0 Å². The lowest BCUT2D eigenvalue weighted by Crippen LogP contribution is -3.14. The van der Waals surface area contributed by atoms with Crippen LogP contribution >= 0.6 is 0 Å². The maximum atomic E-state index is 13.5. The molecule has 0 saturated carbocycles. The molecule has 3 aromatic rings. The van der Waals surface area contributed by atoms with Crippen LogP contribution in [0.15, 0.2) is 57.7 Å². The van der Waals surface area contributed by atoms with Crippen molar-refractivity contribution in [3.8, 4) is 5.75 Å². The summed E-state index contributed by atoms with van der Waals surface area (Å²) in [5.74, 6) is 0.730. The zero-order chi connectivity index (χ0) is 23.5. The second-order valence-electron chi connectivity index (χ2n) is 8.95. The van der Waals surface area contributed by atoms with Crippen LogP contribution in [0.4, 0.5) is 0 Å². The lowest BCUT2D eigenvalue weighted by molar-refractivity contribution is -0.908. The van der Waals surface area contributed by atoms with Crippen LogP contribution in [-0.2, 0) is 4.74 Å². The van der Waals surface area contributed by atoms with Gasteiger partial charge in [0.05, 0.1) is 43.4 Å². The third-order valence-electron chi connectivity index (χ3n) is 6.67. The van der Waals surface area contributed by atoms with E-state index in [-0.39, 0.29) is 17.1 Å². The lowest BCUT2D eigenvalue weighted by Gasteiger charge is -2.27. The standard InChI is InChI=1S/C27H30N2O5/c1-2-16-33-20-10-8-19(9-11-20)24-23-25(30)21-6-3-4-7-22(21)34-26(23)27(31)29(24)13-5-12-28-14-17-32-18-15-28/h3-4,6-11,24H,2,5,12-18H2,1H3/p+1/t24-/m1/s1. The number of ether oxygens (including phenoxy) is 2. The van der Waals surface area contributed by atoms with E-state index in [1.54, 1.807) is 17.0 Å². The number of carbonyl (C=O) groups is 1. The van der Waals surface area contributed by atoms with Gasteiger partial charge in [0.2, 0.25) is 5.76 Å². The summed E-state index contributed by atoms with van der Waals surface area (Å²) >= 11 is 0. The largest absolute Gasteiger partial charge is 0.494 e. The number of nitrogens with zero attached hydrogens (tertiary/aromatic N) is 1. The van der Waals surface area contributed by atoms with E-state index in [0.29, 0.717) is 29.7 Å². The highest BCUT2D eigenvalue weighted by atomic mass is 16.5. The quantitative estimate of drug-likeness (QED) is 0.556. The van der Waals surface area contributed by atoms with Crippen LogP contribution in [0.25, 0.3) is 11.0 Å². The van der Waals surface area contributed by atoms with Crippen molar-refractivity contribution in [3.05, 3.63) is 75.6 Å². The summed E-state index contributed by atoms with van der Waals surface area (Å²) in [4.78, 5) is 30.3. The predicted octanol–water partition coefficient (Wildman–Crippen LogP) is 2.43. The van der Waals surface area contributed by atoms with Crippen LogP contribution < -0.4 is 15.1 Å². The SMILES string of the molecule is CCCOc1ccc([C@@H]2c3c(oc4ccccc4c3=O)C(=O)N2CCC[NH+]2CCOCC2)cc1. The Hall–Kier alpha value is -3.16. The summed E-state index contributed by atoms with van der Waals surface area (Å²) < 4.78 is 17.2. The molecule has 3 heterocycles. The third kappa shape index (κ3) is 4.33. The molecule has 0 aliphatic carbocycles. The number of fused-ring (bicyclic) bond motifs is 2. The number of carbonyl (C=O) groups excluding carboxylic acids is 1. The van der Waals surface area contributed by atoms with Gasteiger partial charge in [0.15, 0.2) is 5.43 Å². The van der Waals surface area contributed by atoms with E-state index in [9.17, 15) is 9.59 Å². The summed E-state index contributed by atoms with van der Waals surface area (Å²) in [6, 6.07) is 14.4. The molecule has 0 radical (unpaired) electrons. The zero-order valence-corrected chi connectivity index (χ0v) is 19.5. The first-order valence-electron chi connectivity index (χ1n) is 12.2. The van der Waals surface area contributed by atoms with Gasteiger partial charge in [-0.15, -0.1) is 0 Å². The van der Waals surface area contributed by atoms with Crippen LogP contribution in [0.2, 0.25) is 0 Å². The molecular weight excluding hydrogens is 432 g/mol. The molecule has 1 fully saturated rings. The number of morpholine rings is 1. The fraction of sp³-hybridized carbons (Fsp3) is 0.407. The number of hydrogen-bond donors (Lipinski definition) is 1. The molecule has 34 heavy (non-hydrogen) atoms. The van der Waals surface area contributed by atoms with Crippen LogP contribution in [0.5, 0.6) is 5.75 Å². The molecule has 1 aromatic heterocycles. The van der Waals surface area contributed by atoms with Crippen molar-refractivity contribution >= 4 is 16.9 Å².